The molecule has 3 heterocycles. The van der Waals surface area contributed by atoms with Gasteiger partial charge in [0.2, 0.25) is 0 Å². The second kappa shape index (κ2) is 8.82. The number of aryl methyl sites for hydroxylation is 1. The van der Waals surface area contributed by atoms with Gasteiger partial charge in [-0.05, 0) is 29.7 Å². The normalized spacial score (nSPS) is 18.0. The molecule has 2 N–H and O–H groups in total. The lowest BCUT2D eigenvalue weighted by atomic mass is 9.95. The van der Waals surface area contributed by atoms with Crippen molar-refractivity contribution in [2.75, 3.05) is 5.32 Å². The van der Waals surface area contributed by atoms with Crippen molar-refractivity contribution in [3.05, 3.63) is 76.2 Å². The van der Waals surface area contributed by atoms with Crippen LogP contribution in [-0.2, 0) is 13.0 Å². The molecule has 0 saturated carbocycles. The van der Waals surface area contributed by atoms with Gasteiger partial charge in [0, 0.05) is 12.6 Å². The molecule has 0 fully saturated rings. The highest BCUT2D eigenvalue weighted by Gasteiger charge is 2.47. The quantitative estimate of drug-likeness (QED) is 0.553. The van der Waals surface area contributed by atoms with Gasteiger partial charge in [-0.1, -0.05) is 42.8 Å². The maximum atomic E-state index is 13.8. The van der Waals surface area contributed by atoms with Gasteiger partial charge in [-0.3, -0.25) is 9.78 Å². The van der Waals surface area contributed by atoms with E-state index in [-0.39, 0.29) is 24.3 Å². The molecule has 0 unspecified atom stereocenters. The molecule has 168 valence electrons. The summed E-state index contributed by atoms with van der Waals surface area (Å²) in [5.74, 6) is -0.497. The van der Waals surface area contributed by atoms with E-state index in [9.17, 15) is 18.0 Å². The number of rotatable bonds is 5. The second-order valence-electron chi connectivity index (χ2n) is 7.59. The summed E-state index contributed by atoms with van der Waals surface area (Å²) < 4.78 is 42.3. The van der Waals surface area contributed by atoms with Gasteiger partial charge in [0.1, 0.15) is 11.4 Å². The molecule has 0 aliphatic carbocycles. The molecule has 4 rings (SSSR count). The molecular weight excluding hydrogens is 443 g/mol. The van der Waals surface area contributed by atoms with Crippen molar-refractivity contribution in [1.82, 2.24) is 20.1 Å². The van der Waals surface area contributed by atoms with Crippen LogP contribution in [-0.4, -0.2) is 26.8 Å². The Morgan fingerprint density at radius 3 is 2.59 bits per heavy atom. The standard InChI is InChI=1S/C22H21ClF3N5O/c1-2-13-3-5-14(6-4-13)18-9-19(22(24,25)26)31-20(30-18)17(12-29-31)21(32)28-11-16-8-7-15(23)10-27-16/h3-8,10,12,18-19,30H,2,9,11H2,1H3,(H,28,32)/t18-,19+/m0/s1. The zero-order valence-electron chi connectivity index (χ0n) is 17.2. The summed E-state index contributed by atoms with van der Waals surface area (Å²) in [7, 11) is 0. The Kier molecular flexibility index (Phi) is 6.10. The largest absolute Gasteiger partial charge is 0.410 e. The van der Waals surface area contributed by atoms with Crippen molar-refractivity contribution < 1.29 is 18.0 Å². The van der Waals surface area contributed by atoms with Gasteiger partial charge in [0.05, 0.1) is 29.5 Å². The number of benzene rings is 1. The first-order valence-electron chi connectivity index (χ1n) is 10.1. The molecule has 0 radical (unpaired) electrons. The third kappa shape index (κ3) is 4.57. The Balaban J connectivity index is 1.60. The number of nitrogens with zero attached hydrogens (tertiary/aromatic N) is 3. The number of anilines is 1. The van der Waals surface area contributed by atoms with Crippen LogP contribution < -0.4 is 10.6 Å². The van der Waals surface area contributed by atoms with Crippen LogP contribution in [0.5, 0.6) is 0 Å². The summed E-state index contributed by atoms with van der Waals surface area (Å²) in [6.07, 6.45) is -1.28. The van der Waals surface area contributed by atoms with Gasteiger partial charge < -0.3 is 10.6 Å². The highest BCUT2D eigenvalue weighted by molar-refractivity contribution is 6.30. The van der Waals surface area contributed by atoms with Crippen LogP contribution in [0.3, 0.4) is 0 Å². The number of nitrogens with one attached hydrogen (secondary N) is 2. The highest BCUT2D eigenvalue weighted by Crippen LogP contribution is 2.44. The van der Waals surface area contributed by atoms with Crippen LogP contribution in [0.1, 0.15) is 52.6 Å². The lowest BCUT2D eigenvalue weighted by Crippen LogP contribution is -2.36. The fourth-order valence-corrected chi connectivity index (χ4v) is 3.82. The molecule has 3 aromatic rings. The van der Waals surface area contributed by atoms with Crippen molar-refractivity contribution in [2.24, 2.45) is 0 Å². The van der Waals surface area contributed by atoms with Crippen molar-refractivity contribution in [1.29, 1.82) is 0 Å². The number of carbonyl (C=O) groups excluding carboxylic acids is 1. The van der Waals surface area contributed by atoms with Crippen molar-refractivity contribution in [3.8, 4) is 0 Å². The number of amides is 1. The Hall–Kier alpha value is -3.07. The van der Waals surface area contributed by atoms with Gasteiger partial charge in [-0.15, -0.1) is 0 Å². The van der Waals surface area contributed by atoms with Gasteiger partial charge in [-0.25, -0.2) is 4.68 Å². The third-order valence-electron chi connectivity index (χ3n) is 5.49. The average Bonchev–Trinajstić information content (AvgIpc) is 3.21. The van der Waals surface area contributed by atoms with E-state index in [1.165, 1.54) is 6.20 Å². The average molecular weight is 464 g/mol. The smallest absolute Gasteiger partial charge is 0.363 e. The maximum absolute atomic E-state index is 13.8. The summed E-state index contributed by atoms with van der Waals surface area (Å²) >= 11 is 5.81. The first-order chi connectivity index (χ1) is 15.3. The van der Waals surface area contributed by atoms with Crippen LogP contribution in [0, 0.1) is 0 Å². The second-order valence-corrected chi connectivity index (χ2v) is 8.02. The zero-order chi connectivity index (χ0) is 22.9. The number of fused-ring (bicyclic) bond motifs is 1. The minimum absolute atomic E-state index is 0.0445. The number of carbonyl (C=O) groups is 1. The van der Waals surface area contributed by atoms with Crippen LogP contribution in [0.2, 0.25) is 5.02 Å². The lowest BCUT2D eigenvalue weighted by Gasteiger charge is -2.34. The molecule has 2 aromatic heterocycles. The van der Waals surface area contributed by atoms with E-state index in [0.717, 1.165) is 28.4 Å². The summed E-state index contributed by atoms with van der Waals surface area (Å²) in [5.41, 5.74) is 2.43. The molecule has 0 spiro atoms. The van der Waals surface area contributed by atoms with Crippen LogP contribution in [0.25, 0.3) is 0 Å². The van der Waals surface area contributed by atoms with Gasteiger partial charge in [0.15, 0.2) is 6.04 Å². The topological polar surface area (TPSA) is 71.8 Å². The van der Waals surface area contributed by atoms with E-state index in [1.807, 2.05) is 31.2 Å². The van der Waals surface area contributed by atoms with E-state index < -0.39 is 24.2 Å². The van der Waals surface area contributed by atoms with E-state index in [1.54, 1.807) is 12.1 Å². The SMILES string of the molecule is CCc1ccc([C@@H]2C[C@H](C(F)(F)F)n3ncc(C(=O)NCc4ccc(Cl)cn4)c3N2)cc1. The molecule has 1 amide bonds. The summed E-state index contributed by atoms with van der Waals surface area (Å²) in [4.78, 5) is 16.9. The van der Waals surface area contributed by atoms with Crippen molar-refractivity contribution in [3.63, 3.8) is 0 Å². The zero-order valence-corrected chi connectivity index (χ0v) is 17.9. The summed E-state index contributed by atoms with van der Waals surface area (Å²) in [6.45, 7) is 2.11. The molecule has 0 saturated heterocycles. The van der Waals surface area contributed by atoms with Gasteiger partial charge in [-0.2, -0.15) is 18.3 Å². The molecular formula is C22H21ClF3N5O. The highest BCUT2D eigenvalue weighted by atomic mass is 35.5. The maximum Gasteiger partial charge on any atom is 0.410 e. The van der Waals surface area contributed by atoms with E-state index in [0.29, 0.717) is 10.7 Å². The number of halogens is 4. The molecule has 1 aliphatic heterocycles. The monoisotopic (exact) mass is 463 g/mol. The Morgan fingerprint density at radius 2 is 1.97 bits per heavy atom. The number of aromatic nitrogens is 3. The van der Waals surface area contributed by atoms with E-state index >= 15 is 0 Å². The van der Waals surface area contributed by atoms with Gasteiger partial charge >= 0.3 is 6.18 Å². The summed E-state index contributed by atoms with van der Waals surface area (Å²) in [6, 6.07) is 8.29. The van der Waals surface area contributed by atoms with Crippen LogP contribution >= 0.6 is 11.6 Å². The first kappa shape index (κ1) is 22.1. The fraction of sp³-hybridized carbons (Fsp3) is 0.318. The molecule has 2 atom stereocenters. The van der Waals surface area contributed by atoms with Crippen LogP contribution in [0.4, 0.5) is 19.0 Å². The third-order valence-corrected chi connectivity index (χ3v) is 5.72. The van der Waals surface area contributed by atoms with Crippen molar-refractivity contribution in [2.45, 2.75) is 44.6 Å². The Bertz CT molecular complexity index is 1100. The Morgan fingerprint density at radius 1 is 1.22 bits per heavy atom. The number of alkyl halides is 3. The predicted octanol–water partition coefficient (Wildman–Crippen LogP) is 5.08. The predicted molar refractivity (Wildman–Crippen MR) is 115 cm³/mol. The lowest BCUT2D eigenvalue weighted by molar-refractivity contribution is -0.173. The van der Waals surface area contributed by atoms with E-state index in [2.05, 4.69) is 20.7 Å². The van der Waals surface area contributed by atoms with Crippen molar-refractivity contribution >= 4 is 23.3 Å². The molecule has 32 heavy (non-hydrogen) atoms. The molecule has 1 aliphatic rings. The minimum Gasteiger partial charge on any atom is -0.363 e. The number of pyridine rings is 1. The molecule has 10 heteroatoms. The first-order valence-corrected chi connectivity index (χ1v) is 10.5. The number of hydrogen-bond acceptors (Lipinski definition) is 4. The minimum atomic E-state index is -4.51. The van der Waals surface area contributed by atoms with Crippen LogP contribution in [0.15, 0.2) is 48.8 Å². The molecule has 6 nitrogen and oxygen atoms in total. The Labute approximate surface area is 187 Å². The van der Waals surface area contributed by atoms with Gasteiger partial charge in [0.25, 0.3) is 5.91 Å². The molecule has 1 aromatic carbocycles. The summed E-state index contributed by atoms with van der Waals surface area (Å²) in [5, 5.41) is 10.1. The fourth-order valence-electron chi connectivity index (χ4n) is 3.71. The molecule has 0 bridgehead atoms. The van der Waals surface area contributed by atoms with E-state index in [4.69, 9.17) is 11.6 Å². The number of hydrogen-bond donors (Lipinski definition) is 2.